The Morgan fingerprint density at radius 3 is 2.54 bits per heavy atom. The monoisotopic (exact) mass is 505 g/mol. The topological polar surface area (TPSA) is 111 Å². The van der Waals surface area contributed by atoms with Crippen molar-refractivity contribution in [2.75, 3.05) is 24.1 Å². The number of hydrogen-bond acceptors (Lipinski definition) is 6. The van der Waals surface area contributed by atoms with E-state index in [0.717, 1.165) is 50.6 Å². The van der Waals surface area contributed by atoms with Crippen LogP contribution in [-0.2, 0) is 21.3 Å². The van der Waals surface area contributed by atoms with E-state index in [1.54, 1.807) is 10.7 Å². The van der Waals surface area contributed by atoms with E-state index in [1.165, 1.54) is 22.5 Å². The highest BCUT2D eigenvalue weighted by molar-refractivity contribution is 7.92. The summed E-state index contributed by atoms with van der Waals surface area (Å²) in [5, 5.41) is 14.3. The summed E-state index contributed by atoms with van der Waals surface area (Å²) in [7, 11) is -4.04. The van der Waals surface area contributed by atoms with Gasteiger partial charge in [-0.25, -0.2) is 22.2 Å². The van der Waals surface area contributed by atoms with Crippen LogP contribution in [0.25, 0.3) is 0 Å². The molecule has 35 heavy (non-hydrogen) atoms. The number of anilines is 1. The predicted octanol–water partition coefficient (Wildman–Crippen LogP) is 4.24. The maximum absolute atomic E-state index is 14.0. The minimum Gasteiger partial charge on any atom is -0.492 e. The summed E-state index contributed by atoms with van der Waals surface area (Å²) in [5.74, 6) is -0.230. The molecule has 1 aliphatic heterocycles. The van der Waals surface area contributed by atoms with Crippen LogP contribution in [0.3, 0.4) is 0 Å². The summed E-state index contributed by atoms with van der Waals surface area (Å²) < 4.78 is 42.5. The molecular weight excluding hydrogens is 470 g/mol. The number of sulfonamides is 1. The smallest absolute Gasteiger partial charge is 0.339 e. The van der Waals surface area contributed by atoms with Crippen molar-refractivity contribution in [2.45, 2.75) is 76.3 Å². The van der Waals surface area contributed by atoms with Crippen LogP contribution in [0.2, 0.25) is 0 Å². The zero-order valence-corrected chi connectivity index (χ0v) is 21.3. The quantitative estimate of drug-likeness (QED) is 0.542. The van der Waals surface area contributed by atoms with Gasteiger partial charge in [0.2, 0.25) is 0 Å². The summed E-state index contributed by atoms with van der Waals surface area (Å²) >= 11 is 0. The van der Waals surface area contributed by atoms with E-state index in [9.17, 15) is 18.3 Å². The molecule has 0 amide bonds. The van der Waals surface area contributed by atoms with Crippen molar-refractivity contribution in [1.82, 2.24) is 9.78 Å². The Bertz CT molecular complexity index is 1130. The molecule has 2 fully saturated rings. The minimum absolute atomic E-state index is 0.0552. The number of carbonyl (C=O) groups is 1. The molecule has 1 aliphatic carbocycles. The molecule has 192 valence electrons. The van der Waals surface area contributed by atoms with Crippen LogP contribution >= 0.6 is 0 Å². The Morgan fingerprint density at radius 1 is 1.17 bits per heavy atom. The van der Waals surface area contributed by atoms with Crippen molar-refractivity contribution in [3.05, 3.63) is 35.5 Å². The molecule has 2 heterocycles. The SMILES string of the molecule is CCn1nc(C)cc1N(C1CCCCC1)S(=O)(=O)c1ccc(OCC2CCOCC2)c(C(=O)O)c1. The van der Waals surface area contributed by atoms with Gasteiger partial charge in [0, 0.05) is 31.9 Å². The van der Waals surface area contributed by atoms with Gasteiger partial charge in [-0.3, -0.25) is 0 Å². The fourth-order valence-electron chi connectivity index (χ4n) is 4.96. The average Bonchev–Trinajstić information content (AvgIpc) is 3.23. The molecule has 1 saturated heterocycles. The Morgan fingerprint density at radius 2 is 1.89 bits per heavy atom. The third-order valence-electron chi connectivity index (χ3n) is 6.87. The van der Waals surface area contributed by atoms with Crippen molar-refractivity contribution in [1.29, 1.82) is 0 Å². The number of aromatic carboxylic acids is 1. The van der Waals surface area contributed by atoms with Crippen molar-refractivity contribution in [2.24, 2.45) is 5.92 Å². The minimum atomic E-state index is -4.04. The first kappa shape index (κ1) is 25.5. The first-order valence-electron chi connectivity index (χ1n) is 12.5. The van der Waals surface area contributed by atoms with E-state index in [1.807, 2.05) is 13.8 Å². The average molecular weight is 506 g/mol. The second-order valence-electron chi connectivity index (χ2n) is 9.38. The molecular formula is C25H35N3O6S. The number of carboxylic acids is 1. The van der Waals surface area contributed by atoms with Crippen LogP contribution < -0.4 is 9.04 Å². The lowest BCUT2D eigenvalue weighted by Crippen LogP contribution is -2.42. The number of nitrogens with zero attached hydrogens (tertiary/aromatic N) is 3. The standard InChI is InChI=1S/C25H35N3O6S/c1-3-27-24(15-18(2)26-27)28(20-7-5-4-6-8-20)35(31,32)21-9-10-23(22(16-21)25(29)30)34-17-19-11-13-33-14-12-19/h9-10,15-16,19-20H,3-8,11-14,17H2,1-2H3,(H,29,30). The molecule has 10 heteroatoms. The van der Waals surface area contributed by atoms with Crippen LogP contribution in [0.5, 0.6) is 5.75 Å². The molecule has 1 aromatic carbocycles. The normalized spacial score (nSPS) is 17.9. The lowest BCUT2D eigenvalue weighted by molar-refractivity contribution is 0.0490. The summed E-state index contributed by atoms with van der Waals surface area (Å²) in [6.07, 6.45) is 6.21. The Balaban J connectivity index is 1.69. The zero-order chi connectivity index (χ0) is 25.0. The van der Waals surface area contributed by atoms with Gasteiger partial charge in [-0.15, -0.1) is 0 Å². The van der Waals surface area contributed by atoms with Crippen LogP contribution in [0.1, 0.15) is 67.9 Å². The number of aryl methyl sites for hydroxylation is 2. The second-order valence-corrected chi connectivity index (χ2v) is 11.2. The van der Waals surface area contributed by atoms with E-state index in [0.29, 0.717) is 32.2 Å². The molecule has 0 unspecified atom stereocenters. The molecule has 2 aliphatic rings. The fraction of sp³-hybridized carbons (Fsp3) is 0.600. The maximum Gasteiger partial charge on any atom is 0.339 e. The summed E-state index contributed by atoms with van der Waals surface area (Å²) in [6, 6.07) is 5.74. The van der Waals surface area contributed by atoms with Crippen LogP contribution in [0.15, 0.2) is 29.2 Å². The number of benzene rings is 1. The van der Waals surface area contributed by atoms with Gasteiger partial charge in [0.05, 0.1) is 17.2 Å². The molecule has 0 atom stereocenters. The second kappa shape index (κ2) is 11.0. The number of rotatable bonds is 9. The molecule has 2 aromatic rings. The maximum atomic E-state index is 14.0. The van der Waals surface area contributed by atoms with Crippen molar-refractivity contribution in [3.8, 4) is 5.75 Å². The van der Waals surface area contributed by atoms with Gasteiger partial charge in [0.25, 0.3) is 10.0 Å². The number of carboxylic acid groups (broad SMARTS) is 1. The third-order valence-corrected chi connectivity index (χ3v) is 8.72. The number of hydrogen-bond donors (Lipinski definition) is 1. The fourth-order valence-corrected chi connectivity index (χ4v) is 6.69. The predicted molar refractivity (Wildman–Crippen MR) is 132 cm³/mol. The van der Waals surface area contributed by atoms with Crippen molar-refractivity contribution in [3.63, 3.8) is 0 Å². The van der Waals surface area contributed by atoms with Gasteiger partial charge >= 0.3 is 5.97 Å². The Hall–Kier alpha value is -2.59. The number of ether oxygens (including phenoxy) is 2. The van der Waals surface area contributed by atoms with Crippen LogP contribution in [0, 0.1) is 12.8 Å². The Labute approximate surface area is 207 Å². The summed E-state index contributed by atoms with van der Waals surface area (Å²) in [6.45, 7) is 6.01. The van der Waals surface area contributed by atoms with E-state index in [4.69, 9.17) is 9.47 Å². The highest BCUT2D eigenvalue weighted by Gasteiger charge is 2.35. The first-order valence-corrected chi connectivity index (χ1v) is 13.9. The van der Waals surface area contributed by atoms with Gasteiger partial charge in [0.15, 0.2) is 0 Å². The van der Waals surface area contributed by atoms with Crippen LogP contribution in [0.4, 0.5) is 5.82 Å². The first-order chi connectivity index (χ1) is 16.8. The van der Waals surface area contributed by atoms with Crippen molar-refractivity contribution >= 4 is 21.8 Å². The lowest BCUT2D eigenvalue weighted by Gasteiger charge is -2.35. The highest BCUT2D eigenvalue weighted by atomic mass is 32.2. The van der Waals surface area contributed by atoms with Gasteiger partial charge < -0.3 is 14.6 Å². The summed E-state index contributed by atoms with van der Waals surface area (Å²) in [5.41, 5.74) is 0.586. The van der Waals surface area contributed by atoms with E-state index >= 15 is 0 Å². The molecule has 4 rings (SSSR count). The molecule has 0 bridgehead atoms. The molecule has 1 N–H and O–H groups in total. The summed E-state index contributed by atoms with van der Waals surface area (Å²) in [4.78, 5) is 12.0. The van der Waals surface area contributed by atoms with Gasteiger partial charge in [0.1, 0.15) is 17.1 Å². The molecule has 0 radical (unpaired) electrons. The number of aromatic nitrogens is 2. The molecule has 1 aromatic heterocycles. The van der Waals surface area contributed by atoms with E-state index in [2.05, 4.69) is 5.10 Å². The molecule has 9 nitrogen and oxygen atoms in total. The molecule has 0 spiro atoms. The van der Waals surface area contributed by atoms with Crippen molar-refractivity contribution < 1.29 is 27.8 Å². The van der Waals surface area contributed by atoms with E-state index < -0.39 is 16.0 Å². The van der Waals surface area contributed by atoms with Gasteiger partial charge in [-0.05, 0) is 63.6 Å². The van der Waals surface area contributed by atoms with Crippen LogP contribution in [-0.4, -0.2) is 55.1 Å². The third kappa shape index (κ3) is 5.64. The molecule has 1 saturated carbocycles. The van der Waals surface area contributed by atoms with Gasteiger partial charge in [-0.1, -0.05) is 19.3 Å². The largest absolute Gasteiger partial charge is 0.492 e. The van der Waals surface area contributed by atoms with E-state index in [-0.39, 0.29) is 28.2 Å². The lowest BCUT2D eigenvalue weighted by atomic mass is 9.95. The highest BCUT2D eigenvalue weighted by Crippen LogP contribution is 2.35. The Kier molecular flexibility index (Phi) is 8.01. The zero-order valence-electron chi connectivity index (χ0n) is 20.5. The van der Waals surface area contributed by atoms with Gasteiger partial charge in [-0.2, -0.15) is 5.10 Å².